The molecule has 1 aromatic heterocycles. The molecule has 6 heteroatoms. The molecule has 14 heavy (non-hydrogen) atoms. The van der Waals surface area contributed by atoms with E-state index in [1.54, 1.807) is 0 Å². The van der Waals surface area contributed by atoms with Crippen LogP contribution in [0.25, 0.3) is 0 Å². The fraction of sp³-hybridized carbons (Fsp3) is 0.250. The van der Waals surface area contributed by atoms with Gasteiger partial charge in [-0.15, -0.1) is 0 Å². The lowest BCUT2D eigenvalue weighted by Gasteiger charge is -2.06. The molecular formula is C8H5BrF2INO. The molecule has 76 valence electrons. The number of hydrogen-bond donors (Lipinski definition) is 0. The quantitative estimate of drug-likeness (QED) is 0.461. The van der Waals surface area contributed by atoms with Gasteiger partial charge < -0.3 is 0 Å². The molecule has 1 rings (SSSR count). The van der Waals surface area contributed by atoms with Crippen LogP contribution in [-0.4, -0.2) is 11.3 Å². The van der Waals surface area contributed by atoms with E-state index in [1.807, 2.05) is 22.6 Å². The number of nitrogens with zero attached hydrogens (tertiary/aromatic N) is 1. The van der Waals surface area contributed by atoms with Crippen molar-refractivity contribution in [1.82, 2.24) is 4.98 Å². The highest BCUT2D eigenvalue weighted by Gasteiger charge is 2.17. The highest BCUT2D eigenvalue weighted by atomic mass is 127. The van der Waals surface area contributed by atoms with Crippen LogP contribution in [0.2, 0.25) is 0 Å². The van der Waals surface area contributed by atoms with E-state index < -0.39 is 12.1 Å². The number of halogens is 4. The molecule has 0 N–H and O–H groups in total. The number of alkyl halides is 3. The van der Waals surface area contributed by atoms with Crippen LogP contribution in [0, 0.1) is 3.57 Å². The largest absolute Gasteiger partial charge is 0.298 e. The van der Waals surface area contributed by atoms with Crippen molar-refractivity contribution in [3.8, 4) is 0 Å². The first-order chi connectivity index (χ1) is 6.60. The van der Waals surface area contributed by atoms with Gasteiger partial charge in [-0.3, -0.25) is 4.79 Å². The number of carbonyl (C=O) groups excluding carboxylic acids is 1. The van der Waals surface area contributed by atoms with Gasteiger partial charge in [-0.05, 0) is 28.7 Å². The first-order valence-corrected chi connectivity index (χ1v) is 5.78. The van der Waals surface area contributed by atoms with Crippen LogP contribution in [0.15, 0.2) is 6.07 Å². The van der Waals surface area contributed by atoms with E-state index >= 15 is 0 Å². The third-order valence-electron chi connectivity index (χ3n) is 1.57. The summed E-state index contributed by atoms with van der Waals surface area (Å²) >= 11 is 5.09. The Morgan fingerprint density at radius 2 is 2.29 bits per heavy atom. The Labute approximate surface area is 101 Å². The Balaban J connectivity index is 3.32. The zero-order chi connectivity index (χ0) is 10.7. The molecule has 0 aliphatic carbocycles. The molecule has 0 saturated carbocycles. The molecule has 0 spiro atoms. The third-order valence-corrected chi connectivity index (χ3v) is 3.03. The Bertz CT molecular complexity index is 359. The maximum absolute atomic E-state index is 12.4. The predicted octanol–water partition coefficient (Wildman–Crippen LogP) is 3.33. The molecular weight excluding hydrogens is 371 g/mol. The highest BCUT2D eigenvalue weighted by Crippen LogP contribution is 2.24. The smallest absolute Gasteiger partial charge is 0.281 e. The molecule has 0 radical (unpaired) electrons. The summed E-state index contributed by atoms with van der Waals surface area (Å²) in [6, 6.07) is 1.42. The van der Waals surface area contributed by atoms with Crippen molar-refractivity contribution in [2.24, 2.45) is 0 Å². The maximum Gasteiger partial charge on any atom is 0.281 e. The number of rotatable bonds is 3. The van der Waals surface area contributed by atoms with Crippen molar-refractivity contribution in [2.45, 2.75) is 11.8 Å². The minimum atomic E-state index is -2.72. The number of aldehydes is 1. The van der Waals surface area contributed by atoms with Crippen molar-refractivity contribution in [3.05, 3.63) is 26.6 Å². The first kappa shape index (κ1) is 12.0. The Hall–Kier alpha value is -0.110. The van der Waals surface area contributed by atoms with Crippen molar-refractivity contribution >= 4 is 44.8 Å². The fourth-order valence-corrected chi connectivity index (χ4v) is 2.52. The van der Waals surface area contributed by atoms with Crippen LogP contribution >= 0.6 is 38.5 Å². The average Bonchev–Trinajstić information content (AvgIpc) is 2.16. The molecule has 1 aromatic rings. The first-order valence-electron chi connectivity index (χ1n) is 3.58. The van der Waals surface area contributed by atoms with Crippen molar-refractivity contribution in [1.29, 1.82) is 0 Å². The van der Waals surface area contributed by atoms with Gasteiger partial charge in [0.15, 0.2) is 6.29 Å². The number of aromatic nitrogens is 1. The summed E-state index contributed by atoms with van der Waals surface area (Å²) in [5.41, 5.74) is 0.0236. The number of pyridine rings is 1. The summed E-state index contributed by atoms with van der Waals surface area (Å²) in [5.74, 6) is 0. The molecule has 0 bridgehead atoms. The molecule has 0 unspecified atom stereocenters. The molecule has 0 amide bonds. The van der Waals surface area contributed by atoms with Gasteiger partial charge in [0.25, 0.3) is 6.43 Å². The van der Waals surface area contributed by atoms with Gasteiger partial charge >= 0.3 is 0 Å². The van der Waals surface area contributed by atoms with E-state index in [0.29, 0.717) is 20.9 Å². The summed E-state index contributed by atoms with van der Waals surface area (Å²) in [4.78, 5) is 14.2. The van der Waals surface area contributed by atoms with Gasteiger partial charge in [0.1, 0.15) is 5.69 Å². The molecule has 0 atom stereocenters. The molecule has 1 heterocycles. The molecule has 0 saturated heterocycles. The molecule has 0 aliphatic heterocycles. The van der Waals surface area contributed by atoms with Crippen LogP contribution in [0.1, 0.15) is 28.2 Å². The van der Waals surface area contributed by atoms with Gasteiger partial charge in [-0.25, -0.2) is 13.8 Å². The lowest BCUT2D eigenvalue weighted by atomic mass is 10.2. The highest BCUT2D eigenvalue weighted by molar-refractivity contribution is 14.1. The van der Waals surface area contributed by atoms with Gasteiger partial charge in [-0.2, -0.15) is 0 Å². The topological polar surface area (TPSA) is 30.0 Å². The van der Waals surface area contributed by atoms with E-state index in [-0.39, 0.29) is 5.56 Å². The molecule has 0 fully saturated rings. The summed E-state index contributed by atoms with van der Waals surface area (Å²) in [5, 5.41) is 0.393. The summed E-state index contributed by atoms with van der Waals surface area (Å²) < 4.78 is 25.5. The van der Waals surface area contributed by atoms with E-state index in [9.17, 15) is 13.6 Å². The summed E-state index contributed by atoms with van der Waals surface area (Å²) in [6.07, 6.45) is -2.32. The zero-order valence-corrected chi connectivity index (χ0v) is 10.5. The SMILES string of the molecule is O=Cc1cc(I)c(CBr)nc1C(F)F. The van der Waals surface area contributed by atoms with Gasteiger partial charge in [0, 0.05) is 14.5 Å². The predicted molar refractivity (Wildman–Crippen MR) is 59.9 cm³/mol. The van der Waals surface area contributed by atoms with Crippen molar-refractivity contribution in [2.75, 3.05) is 0 Å². The second-order valence-corrected chi connectivity index (χ2v) is 4.17. The summed E-state index contributed by atoms with van der Waals surface area (Å²) in [6.45, 7) is 0. The van der Waals surface area contributed by atoms with Crippen LogP contribution < -0.4 is 0 Å². The van der Waals surface area contributed by atoms with Crippen LogP contribution in [-0.2, 0) is 5.33 Å². The van der Waals surface area contributed by atoms with Gasteiger partial charge in [0.2, 0.25) is 0 Å². The molecule has 0 aliphatic rings. The minimum Gasteiger partial charge on any atom is -0.298 e. The Morgan fingerprint density at radius 1 is 1.64 bits per heavy atom. The lowest BCUT2D eigenvalue weighted by Crippen LogP contribution is -2.02. The molecule has 0 aromatic carbocycles. The number of carbonyl (C=O) groups is 1. The third kappa shape index (κ3) is 2.47. The maximum atomic E-state index is 12.4. The second kappa shape index (κ2) is 5.11. The van der Waals surface area contributed by atoms with E-state index in [1.165, 1.54) is 6.07 Å². The summed E-state index contributed by atoms with van der Waals surface area (Å²) in [7, 11) is 0. The minimum absolute atomic E-state index is 0.0471. The Kier molecular flexibility index (Phi) is 4.36. The number of hydrogen-bond acceptors (Lipinski definition) is 2. The van der Waals surface area contributed by atoms with E-state index in [0.717, 1.165) is 0 Å². The van der Waals surface area contributed by atoms with Crippen LogP contribution in [0.5, 0.6) is 0 Å². The standard InChI is InChI=1S/C8H5BrF2INO/c9-2-6-5(12)1-4(3-14)7(13-6)8(10)11/h1,3,8H,2H2. The molecule has 2 nitrogen and oxygen atoms in total. The monoisotopic (exact) mass is 375 g/mol. The van der Waals surface area contributed by atoms with Crippen LogP contribution in [0.3, 0.4) is 0 Å². The van der Waals surface area contributed by atoms with E-state index in [2.05, 4.69) is 20.9 Å². The van der Waals surface area contributed by atoms with Gasteiger partial charge in [-0.1, -0.05) is 15.9 Å². The fourth-order valence-electron chi connectivity index (χ4n) is 0.920. The van der Waals surface area contributed by atoms with Gasteiger partial charge in [0.05, 0.1) is 5.69 Å². The second-order valence-electron chi connectivity index (χ2n) is 2.44. The average molecular weight is 376 g/mol. The normalized spacial score (nSPS) is 10.6. The van der Waals surface area contributed by atoms with E-state index in [4.69, 9.17) is 0 Å². The Morgan fingerprint density at radius 3 is 2.71 bits per heavy atom. The van der Waals surface area contributed by atoms with Crippen molar-refractivity contribution in [3.63, 3.8) is 0 Å². The zero-order valence-electron chi connectivity index (χ0n) is 6.81. The lowest BCUT2D eigenvalue weighted by molar-refractivity contribution is 0.110. The van der Waals surface area contributed by atoms with Crippen LogP contribution in [0.4, 0.5) is 8.78 Å². The van der Waals surface area contributed by atoms with Crippen molar-refractivity contribution < 1.29 is 13.6 Å².